The summed E-state index contributed by atoms with van der Waals surface area (Å²) in [5.74, 6) is 0. The molecule has 2 N–H and O–H groups in total. The van der Waals surface area contributed by atoms with E-state index >= 15 is 0 Å². The second-order valence-corrected chi connectivity index (χ2v) is 9.23. The molecule has 0 aliphatic carbocycles. The summed E-state index contributed by atoms with van der Waals surface area (Å²) in [5.41, 5.74) is 0.997. The van der Waals surface area contributed by atoms with Crippen LogP contribution in [0.2, 0.25) is 0 Å². The van der Waals surface area contributed by atoms with Gasteiger partial charge in [0, 0.05) is 13.4 Å². The Morgan fingerprint density at radius 3 is 2.25 bits per heavy atom. The molecular formula is C11H8Br3NO3S2. The van der Waals surface area contributed by atoms with Gasteiger partial charge in [-0.2, -0.15) is 0 Å². The van der Waals surface area contributed by atoms with Gasteiger partial charge in [0.15, 0.2) is 0 Å². The van der Waals surface area contributed by atoms with Crippen LogP contribution < -0.4 is 4.72 Å². The fourth-order valence-corrected chi connectivity index (χ4v) is 6.42. The number of hydrogen-bond acceptors (Lipinski definition) is 4. The molecule has 20 heavy (non-hydrogen) atoms. The fraction of sp³-hybridized carbons (Fsp3) is 0.0909. The molecule has 4 nitrogen and oxygen atoms in total. The van der Waals surface area contributed by atoms with Crippen LogP contribution in [0.5, 0.6) is 0 Å². The molecule has 0 unspecified atom stereocenters. The van der Waals surface area contributed by atoms with Gasteiger partial charge in [-0.3, -0.25) is 4.72 Å². The zero-order valence-electron chi connectivity index (χ0n) is 9.73. The molecule has 0 fully saturated rings. The highest BCUT2D eigenvalue weighted by Crippen LogP contribution is 2.36. The van der Waals surface area contributed by atoms with Crippen LogP contribution in [0.25, 0.3) is 0 Å². The first kappa shape index (κ1) is 16.4. The first-order valence-corrected chi connectivity index (χ1v) is 9.93. The van der Waals surface area contributed by atoms with Crippen molar-refractivity contribution in [1.82, 2.24) is 0 Å². The van der Waals surface area contributed by atoms with Crippen molar-refractivity contribution in [2.45, 2.75) is 10.8 Å². The number of benzene rings is 1. The Bertz CT molecular complexity index is 720. The number of rotatable bonds is 4. The van der Waals surface area contributed by atoms with E-state index in [0.717, 1.165) is 15.8 Å². The zero-order chi connectivity index (χ0) is 14.9. The van der Waals surface area contributed by atoms with Gasteiger partial charge >= 0.3 is 0 Å². The molecule has 0 saturated heterocycles. The van der Waals surface area contributed by atoms with E-state index in [1.54, 1.807) is 17.5 Å². The van der Waals surface area contributed by atoms with Crippen molar-refractivity contribution < 1.29 is 13.5 Å². The van der Waals surface area contributed by atoms with E-state index in [2.05, 4.69) is 52.5 Å². The molecule has 108 valence electrons. The van der Waals surface area contributed by atoms with Crippen molar-refractivity contribution in [2.24, 2.45) is 0 Å². The Hall–Kier alpha value is 0.0700. The second kappa shape index (κ2) is 6.45. The molecule has 0 aliphatic heterocycles. The molecule has 1 aromatic carbocycles. The zero-order valence-corrected chi connectivity index (χ0v) is 16.1. The smallest absolute Gasteiger partial charge is 0.271 e. The minimum absolute atomic E-state index is 0.156. The average Bonchev–Trinajstić information content (AvgIpc) is 2.83. The van der Waals surface area contributed by atoms with Crippen LogP contribution in [0.4, 0.5) is 5.69 Å². The standard InChI is InChI=1S/C11H8Br3NO3S2/c12-7-2-8(13)11(9(14)3-7)15-20(17,18)10-1-6(4-16)5-19-10/h1-3,5,15-16H,4H2. The number of aliphatic hydroxyl groups excluding tert-OH is 1. The number of nitrogens with one attached hydrogen (secondary N) is 1. The molecule has 0 amide bonds. The third-order valence-corrected chi connectivity index (χ3v) is 6.87. The Morgan fingerprint density at radius 1 is 1.15 bits per heavy atom. The van der Waals surface area contributed by atoms with Crippen molar-refractivity contribution in [2.75, 3.05) is 4.72 Å². The lowest BCUT2D eigenvalue weighted by Gasteiger charge is -2.11. The maximum atomic E-state index is 12.3. The predicted octanol–water partition coefficient (Wildman–Crippen LogP) is 4.33. The van der Waals surface area contributed by atoms with Gasteiger partial charge in [-0.25, -0.2) is 8.42 Å². The summed E-state index contributed by atoms with van der Waals surface area (Å²) in [5, 5.41) is 10.6. The number of halogens is 3. The van der Waals surface area contributed by atoms with Crippen molar-refractivity contribution >= 4 is 74.8 Å². The third-order valence-electron chi connectivity index (χ3n) is 2.32. The van der Waals surface area contributed by atoms with E-state index in [4.69, 9.17) is 5.11 Å². The van der Waals surface area contributed by atoms with Gasteiger partial charge in [-0.05, 0) is 61.0 Å². The Kier molecular flexibility index (Phi) is 5.30. The Labute approximate surface area is 145 Å². The molecule has 9 heteroatoms. The third kappa shape index (κ3) is 3.63. The van der Waals surface area contributed by atoms with E-state index in [9.17, 15) is 8.42 Å². The predicted molar refractivity (Wildman–Crippen MR) is 90.6 cm³/mol. The first-order valence-electron chi connectivity index (χ1n) is 5.19. The summed E-state index contributed by atoms with van der Waals surface area (Å²) >= 11 is 11.0. The lowest BCUT2D eigenvalue weighted by Crippen LogP contribution is -2.12. The summed E-state index contributed by atoms with van der Waals surface area (Å²) in [4.78, 5) is 0. The molecule has 2 aromatic rings. The number of aliphatic hydroxyl groups is 1. The van der Waals surface area contributed by atoms with Crippen LogP contribution in [-0.2, 0) is 16.6 Å². The summed E-state index contributed by atoms with van der Waals surface area (Å²) in [6.45, 7) is -0.183. The minimum atomic E-state index is -3.68. The normalized spacial score (nSPS) is 11.6. The van der Waals surface area contributed by atoms with E-state index < -0.39 is 10.0 Å². The Balaban J connectivity index is 2.38. The van der Waals surface area contributed by atoms with Gasteiger partial charge in [-0.1, -0.05) is 15.9 Å². The summed E-state index contributed by atoms with van der Waals surface area (Å²) in [6, 6.07) is 4.94. The maximum absolute atomic E-state index is 12.3. The molecule has 1 aromatic heterocycles. The average molecular weight is 506 g/mol. The number of thiophene rings is 1. The van der Waals surface area contributed by atoms with Crippen LogP contribution in [0.1, 0.15) is 5.56 Å². The van der Waals surface area contributed by atoms with E-state index in [0.29, 0.717) is 20.2 Å². The molecule has 2 rings (SSSR count). The summed E-state index contributed by atoms with van der Waals surface area (Å²) in [7, 11) is -3.68. The number of anilines is 1. The van der Waals surface area contributed by atoms with Gasteiger partial charge in [0.1, 0.15) is 4.21 Å². The van der Waals surface area contributed by atoms with Gasteiger partial charge in [0.25, 0.3) is 10.0 Å². The van der Waals surface area contributed by atoms with Crippen LogP contribution in [-0.4, -0.2) is 13.5 Å². The molecule has 0 saturated carbocycles. The highest BCUT2D eigenvalue weighted by molar-refractivity contribution is 9.11. The highest BCUT2D eigenvalue weighted by Gasteiger charge is 2.20. The highest BCUT2D eigenvalue weighted by atomic mass is 79.9. The molecule has 0 radical (unpaired) electrons. The topological polar surface area (TPSA) is 66.4 Å². The molecule has 0 bridgehead atoms. The Morgan fingerprint density at radius 2 is 1.75 bits per heavy atom. The summed E-state index contributed by atoms with van der Waals surface area (Å²) in [6.07, 6.45) is 0. The van der Waals surface area contributed by atoms with Crippen LogP contribution in [0, 0.1) is 0 Å². The van der Waals surface area contributed by atoms with Gasteiger partial charge in [0.05, 0.1) is 12.3 Å². The molecule has 1 heterocycles. The first-order chi connectivity index (χ1) is 9.33. The molecule has 0 atom stereocenters. The minimum Gasteiger partial charge on any atom is -0.392 e. The van der Waals surface area contributed by atoms with Crippen LogP contribution in [0.15, 0.2) is 41.2 Å². The van der Waals surface area contributed by atoms with E-state index in [1.807, 2.05) is 0 Å². The number of sulfonamides is 1. The van der Waals surface area contributed by atoms with E-state index in [1.165, 1.54) is 6.07 Å². The summed E-state index contributed by atoms with van der Waals surface area (Å²) < 4.78 is 29.3. The van der Waals surface area contributed by atoms with Crippen LogP contribution in [0.3, 0.4) is 0 Å². The van der Waals surface area contributed by atoms with Crippen molar-refractivity contribution in [3.8, 4) is 0 Å². The number of hydrogen-bond donors (Lipinski definition) is 2. The largest absolute Gasteiger partial charge is 0.392 e. The lowest BCUT2D eigenvalue weighted by molar-refractivity contribution is 0.282. The molecular weight excluding hydrogens is 498 g/mol. The quantitative estimate of drug-likeness (QED) is 0.650. The lowest BCUT2D eigenvalue weighted by atomic mass is 10.3. The van der Waals surface area contributed by atoms with Crippen molar-refractivity contribution in [3.63, 3.8) is 0 Å². The van der Waals surface area contributed by atoms with Gasteiger partial charge in [0.2, 0.25) is 0 Å². The molecule has 0 aliphatic rings. The SMILES string of the molecule is O=S(=O)(Nc1c(Br)cc(Br)cc1Br)c1cc(CO)cs1. The van der Waals surface area contributed by atoms with Crippen molar-refractivity contribution in [1.29, 1.82) is 0 Å². The monoisotopic (exact) mass is 503 g/mol. The maximum Gasteiger partial charge on any atom is 0.271 e. The fourth-order valence-electron chi connectivity index (χ4n) is 1.40. The van der Waals surface area contributed by atoms with Gasteiger partial charge in [-0.15, -0.1) is 11.3 Å². The second-order valence-electron chi connectivity index (χ2n) is 3.78. The van der Waals surface area contributed by atoms with Crippen molar-refractivity contribution in [3.05, 3.63) is 42.6 Å². The van der Waals surface area contributed by atoms with Crippen LogP contribution >= 0.6 is 59.1 Å². The van der Waals surface area contributed by atoms with E-state index in [-0.39, 0.29) is 10.8 Å². The van der Waals surface area contributed by atoms with Gasteiger partial charge < -0.3 is 5.11 Å². The molecule has 0 spiro atoms.